The minimum absolute atomic E-state index is 0.233. The fourth-order valence-electron chi connectivity index (χ4n) is 0.955. The van der Waals surface area contributed by atoms with Crippen LogP contribution in [0, 0.1) is 5.92 Å². The van der Waals surface area contributed by atoms with E-state index in [9.17, 15) is 5.11 Å². The van der Waals surface area contributed by atoms with E-state index in [0.717, 1.165) is 5.69 Å². The molecule has 1 aromatic heterocycles. The Morgan fingerprint density at radius 1 is 1.43 bits per heavy atom. The van der Waals surface area contributed by atoms with Crippen molar-refractivity contribution >= 4 is 5.69 Å². The number of aromatic nitrogens is 1. The van der Waals surface area contributed by atoms with Crippen molar-refractivity contribution in [3.63, 3.8) is 0 Å². The van der Waals surface area contributed by atoms with Gasteiger partial charge in [-0.15, -0.1) is 0 Å². The zero-order valence-electron chi connectivity index (χ0n) is 8.99. The Balaban J connectivity index is 2.49. The molecule has 1 rings (SSSR count). The highest BCUT2D eigenvalue weighted by Gasteiger charge is 2.24. The van der Waals surface area contributed by atoms with Gasteiger partial charge in [-0.3, -0.25) is 4.98 Å². The molecule has 0 aliphatic rings. The molecule has 1 atom stereocenters. The van der Waals surface area contributed by atoms with E-state index in [0.29, 0.717) is 6.54 Å². The molecule has 0 saturated carbocycles. The number of hydrogen-bond donors (Lipinski definition) is 2. The molecule has 0 bridgehead atoms. The Kier molecular flexibility index (Phi) is 3.47. The van der Waals surface area contributed by atoms with Gasteiger partial charge in [-0.25, -0.2) is 0 Å². The number of hydrogen-bond acceptors (Lipinski definition) is 3. The Labute approximate surface area is 85.2 Å². The standard InChI is InChI=1S/C11H18N2O/c1-9(2)11(3,14)8-13-10-4-6-12-7-5-10/h4-7,9,14H,8H2,1-3H3,(H,12,13). The molecule has 0 fully saturated rings. The van der Waals surface area contributed by atoms with Crippen molar-refractivity contribution in [2.24, 2.45) is 5.92 Å². The highest BCUT2D eigenvalue weighted by molar-refractivity contribution is 5.41. The van der Waals surface area contributed by atoms with Gasteiger partial charge in [0.25, 0.3) is 0 Å². The van der Waals surface area contributed by atoms with E-state index in [-0.39, 0.29) is 5.92 Å². The van der Waals surface area contributed by atoms with Crippen molar-refractivity contribution in [3.05, 3.63) is 24.5 Å². The summed E-state index contributed by atoms with van der Waals surface area (Å²) in [5.41, 5.74) is 0.310. The predicted molar refractivity (Wildman–Crippen MR) is 58.2 cm³/mol. The maximum absolute atomic E-state index is 9.97. The highest BCUT2D eigenvalue weighted by atomic mass is 16.3. The molecule has 0 aliphatic carbocycles. The quantitative estimate of drug-likeness (QED) is 0.769. The third kappa shape index (κ3) is 3.00. The van der Waals surface area contributed by atoms with Crippen molar-refractivity contribution in [3.8, 4) is 0 Å². The van der Waals surface area contributed by atoms with Crippen LogP contribution in [0.4, 0.5) is 5.69 Å². The average Bonchev–Trinajstić information content (AvgIpc) is 2.16. The summed E-state index contributed by atoms with van der Waals surface area (Å²) in [5.74, 6) is 0.233. The molecule has 0 saturated heterocycles. The van der Waals surface area contributed by atoms with Gasteiger partial charge in [0.2, 0.25) is 0 Å². The van der Waals surface area contributed by atoms with Gasteiger partial charge in [0.15, 0.2) is 0 Å². The van der Waals surface area contributed by atoms with Crippen LogP contribution in [0.15, 0.2) is 24.5 Å². The van der Waals surface area contributed by atoms with Gasteiger partial charge >= 0.3 is 0 Å². The van der Waals surface area contributed by atoms with Gasteiger partial charge in [-0.05, 0) is 25.0 Å². The number of nitrogens with zero attached hydrogens (tertiary/aromatic N) is 1. The van der Waals surface area contributed by atoms with Gasteiger partial charge in [-0.2, -0.15) is 0 Å². The summed E-state index contributed by atoms with van der Waals surface area (Å²) >= 11 is 0. The number of aliphatic hydroxyl groups is 1. The van der Waals surface area contributed by atoms with Gasteiger partial charge in [-0.1, -0.05) is 13.8 Å². The monoisotopic (exact) mass is 194 g/mol. The smallest absolute Gasteiger partial charge is 0.0813 e. The molecule has 2 N–H and O–H groups in total. The van der Waals surface area contributed by atoms with Crippen LogP contribution in [0.1, 0.15) is 20.8 Å². The van der Waals surface area contributed by atoms with Gasteiger partial charge in [0.05, 0.1) is 5.60 Å². The lowest BCUT2D eigenvalue weighted by Crippen LogP contribution is -2.38. The Hall–Kier alpha value is -1.09. The minimum atomic E-state index is -0.677. The van der Waals surface area contributed by atoms with E-state index in [2.05, 4.69) is 10.3 Å². The van der Waals surface area contributed by atoms with E-state index < -0.39 is 5.60 Å². The first-order valence-electron chi connectivity index (χ1n) is 4.88. The summed E-state index contributed by atoms with van der Waals surface area (Å²) < 4.78 is 0. The van der Waals surface area contributed by atoms with Crippen molar-refractivity contribution in [2.75, 3.05) is 11.9 Å². The van der Waals surface area contributed by atoms with Crippen LogP contribution in [0.2, 0.25) is 0 Å². The summed E-state index contributed by atoms with van der Waals surface area (Å²) in [6.07, 6.45) is 3.46. The second-order valence-corrected chi connectivity index (χ2v) is 4.10. The second-order valence-electron chi connectivity index (χ2n) is 4.10. The summed E-state index contributed by atoms with van der Waals surface area (Å²) in [6.45, 7) is 6.41. The molecule has 3 nitrogen and oxygen atoms in total. The molecule has 0 aliphatic heterocycles. The molecule has 3 heteroatoms. The largest absolute Gasteiger partial charge is 0.388 e. The molecular formula is C11H18N2O. The van der Waals surface area contributed by atoms with Crippen LogP contribution in [-0.2, 0) is 0 Å². The molecular weight excluding hydrogens is 176 g/mol. The van der Waals surface area contributed by atoms with Crippen LogP contribution < -0.4 is 5.32 Å². The number of rotatable bonds is 4. The Morgan fingerprint density at radius 2 is 2.00 bits per heavy atom. The first kappa shape index (κ1) is 11.0. The predicted octanol–water partition coefficient (Wildman–Crippen LogP) is 1.90. The summed E-state index contributed by atoms with van der Waals surface area (Å²) in [6, 6.07) is 3.77. The fourth-order valence-corrected chi connectivity index (χ4v) is 0.955. The van der Waals surface area contributed by atoms with Gasteiger partial charge in [0.1, 0.15) is 0 Å². The molecule has 78 valence electrons. The van der Waals surface area contributed by atoms with Crippen LogP contribution in [0.25, 0.3) is 0 Å². The van der Waals surface area contributed by atoms with Crippen molar-refractivity contribution in [1.29, 1.82) is 0 Å². The lowest BCUT2D eigenvalue weighted by atomic mass is 9.92. The SMILES string of the molecule is CC(C)C(C)(O)CNc1ccncc1. The summed E-state index contributed by atoms with van der Waals surface area (Å²) in [4.78, 5) is 3.92. The highest BCUT2D eigenvalue weighted by Crippen LogP contribution is 2.16. The molecule has 0 radical (unpaired) electrons. The lowest BCUT2D eigenvalue weighted by Gasteiger charge is -2.28. The van der Waals surface area contributed by atoms with E-state index >= 15 is 0 Å². The molecule has 14 heavy (non-hydrogen) atoms. The fraction of sp³-hybridized carbons (Fsp3) is 0.545. The molecule has 0 amide bonds. The van der Waals surface area contributed by atoms with Crippen molar-refractivity contribution in [2.45, 2.75) is 26.4 Å². The van der Waals surface area contributed by atoms with Gasteiger partial charge < -0.3 is 10.4 Å². The number of anilines is 1. The lowest BCUT2D eigenvalue weighted by molar-refractivity contribution is 0.0266. The van der Waals surface area contributed by atoms with Crippen LogP contribution in [0.5, 0.6) is 0 Å². The molecule has 1 heterocycles. The Morgan fingerprint density at radius 3 is 2.50 bits per heavy atom. The molecule has 1 unspecified atom stereocenters. The van der Waals surface area contributed by atoms with E-state index in [1.165, 1.54) is 0 Å². The normalized spacial score (nSPS) is 15.2. The summed E-state index contributed by atoms with van der Waals surface area (Å²) in [7, 11) is 0. The molecule has 0 aromatic carbocycles. The van der Waals surface area contributed by atoms with Crippen molar-refractivity contribution in [1.82, 2.24) is 4.98 Å². The first-order valence-corrected chi connectivity index (χ1v) is 4.88. The van der Waals surface area contributed by atoms with Crippen molar-refractivity contribution < 1.29 is 5.11 Å². The topological polar surface area (TPSA) is 45.1 Å². The second kappa shape index (κ2) is 4.42. The number of nitrogens with one attached hydrogen (secondary N) is 1. The van der Waals surface area contributed by atoms with E-state index in [1.807, 2.05) is 32.9 Å². The third-order valence-corrected chi connectivity index (χ3v) is 2.57. The molecule has 1 aromatic rings. The maximum Gasteiger partial charge on any atom is 0.0813 e. The van der Waals surface area contributed by atoms with Crippen LogP contribution >= 0.6 is 0 Å². The van der Waals surface area contributed by atoms with Gasteiger partial charge in [0, 0.05) is 24.6 Å². The zero-order chi connectivity index (χ0) is 10.6. The third-order valence-electron chi connectivity index (χ3n) is 2.57. The maximum atomic E-state index is 9.97. The van der Waals surface area contributed by atoms with E-state index in [4.69, 9.17) is 0 Å². The van der Waals surface area contributed by atoms with Crippen LogP contribution in [-0.4, -0.2) is 22.2 Å². The Bertz CT molecular complexity index is 270. The van der Waals surface area contributed by atoms with E-state index in [1.54, 1.807) is 12.4 Å². The minimum Gasteiger partial charge on any atom is -0.388 e. The molecule has 0 spiro atoms. The average molecular weight is 194 g/mol. The van der Waals surface area contributed by atoms with Crippen LogP contribution in [0.3, 0.4) is 0 Å². The first-order chi connectivity index (χ1) is 6.52. The number of pyridine rings is 1. The zero-order valence-corrected chi connectivity index (χ0v) is 8.99. The summed E-state index contributed by atoms with van der Waals surface area (Å²) in [5, 5.41) is 13.2.